The number of rotatable bonds is 2. The van der Waals surface area contributed by atoms with Crippen LogP contribution >= 0.6 is 0 Å². The van der Waals surface area contributed by atoms with Crippen molar-refractivity contribution in [3.8, 4) is 0 Å². The van der Waals surface area contributed by atoms with E-state index >= 15 is 0 Å². The van der Waals surface area contributed by atoms with Gasteiger partial charge in [0.1, 0.15) is 0 Å². The van der Waals surface area contributed by atoms with Crippen LogP contribution in [0.1, 0.15) is 30.7 Å². The largest absolute Gasteiger partial charge is 0.469 e. The predicted molar refractivity (Wildman–Crippen MR) is 73.9 cm³/mol. The molecule has 2 heterocycles. The fourth-order valence-electron chi connectivity index (χ4n) is 3.99. The molecule has 2 aliphatic heterocycles. The number of fused-ring (bicyclic) bond motifs is 2. The number of esters is 1. The van der Waals surface area contributed by atoms with Crippen molar-refractivity contribution >= 4 is 5.97 Å². The number of carbonyl (C=O) groups is 1. The Morgan fingerprint density at radius 3 is 2.68 bits per heavy atom. The third-order valence-corrected chi connectivity index (χ3v) is 4.96. The first-order chi connectivity index (χ1) is 9.22. The van der Waals surface area contributed by atoms with E-state index in [1.54, 1.807) is 0 Å². The van der Waals surface area contributed by atoms with Gasteiger partial charge in [-0.2, -0.15) is 0 Å². The Labute approximate surface area is 114 Å². The van der Waals surface area contributed by atoms with Crippen LogP contribution in [-0.2, 0) is 9.53 Å². The second kappa shape index (κ2) is 4.97. The van der Waals surface area contributed by atoms with Crippen molar-refractivity contribution in [1.82, 2.24) is 4.90 Å². The summed E-state index contributed by atoms with van der Waals surface area (Å²) in [5.74, 6) is 0.248. The minimum Gasteiger partial charge on any atom is -0.469 e. The van der Waals surface area contributed by atoms with Crippen LogP contribution in [-0.4, -0.2) is 37.1 Å². The first kappa shape index (κ1) is 12.7. The van der Waals surface area contributed by atoms with E-state index in [1.807, 2.05) is 6.07 Å². The zero-order valence-electron chi connectivity index (χ0n) is 11.6. The van der Waals surface area contributed by atoms with Crippen LogP contribution in [0.2, 0.25) is 0 Å². The fourth-order valence-corrected chi connectivity index (χ4v) is 3.99. The van der Waals surface area contributed by atoms with Crippen molar-refractivity contribution in [3.05, 3.63) is 35.9 Å². The summed E-state index contributed by atoms with van der Waals surface area (Å²) < 4.78 is 5.04. The van der Waals surface area contributed by atoms with Crippen LogP contribution in [0.4, 0.5) is 0 Å². The molecule has 0 saturated carbocycles. The van der Waals surface area contributed by atoms with E-state index in [0.717, 1.165) is 6.42 Å². The summed E-state index contributed by atoms with van der Waals surface area (Å²) in [6.07, 6.45) is 3.32. The first-order valence-corrected chi connectivity index (χ1v) is 7.07. The Kier molecular flexibility index (Phi) is 3.31. The van der Waals surface area contributed by atoms with Gasteiger partial charge in [0.15, 0.2) is 0 Å². The van der Waals surface area contributed by atoms with Gasteiger partial charge in [-0.1, -0.05) is 30.3 Å². The average molecular weight is 259 g/mol. The number of likely N-dealkylation sites (N-methyl/N-ethyl adjacent to an activating group) is 1. The number of benzene rings is 1. The monoisotopic (exact) mass is 259 g/mol. The molecule has 4 atom stereocenters. The highest BCUT2D eigenvalue weighted by molar-refractivity contribution is 5.74. The number of carbonyl (C=O) groups excluding carboxylic acids is 1. The van der Waals surface area contributed by atoms with E-state index in [4.69, 9.17) is 4.74 Å². The van der Waals surface area contributed by atoms with Crippen LogP contribution in [0, 0.1) is 5.92 Å². The second-order valence-corrected chi connectivity index (χ2v) is 5.77. The zero-order chi connectivity index (χ0) is 13.4. The summed E-state index contributed by atoms with van der Waals surface area (Å²) in [6.45, 7) is 0. The minimum atomic E-state index is -0.0427. The van der Waals surface area contributed by atoms with Gasteiger partial charge in [-0.3, -0.25) is 9.69 Å². The van der Waals surface area contributed by atoms with Crippen LogP contribution in [0.25, 0.3) is 0 Å². The molecule has 0 unspecified atom stereocenters. The van der Waals surface area contributed by atoms with Gasteiger partial charge in [-0.15, -0.1) is 0 Å². The van der Waals surface area contributed by atoms with Crippen molar-refractivity contribution in [2.24, 2.45) is 5.92 Å². The molecule has 0 radical (unpaired) electrons. The maximum Gasteiger partial charge on any atom is 0.309 e. The lowest BCUT2D eigenvalue weighted by molar-refractivity contribution is -0.149. The normalized spacial score (nSPS) is 34.2. The Hall–Kier alpha value is -1.35. The molecular formula is C16H21NO2. The lowest BCUT2D eigenvalue weighted by atomic mass is 9.76. The standard InChI is InChI=1S/C16H21NO2/c1-17-12-8-9-14(17)15(11-6-4-3-5-7-11)13(10-12)16(18)19-2/h3-7,12-15H,8-10H2,1-2H3/t12-,13+,14+,15+/m1/s1. The molecule has 2 aliphatic rings. The highest BCUT2D eigenvalue weighted by atomic mass is 16.5. The van der Waals surface area contributed by atoms with Crippen molar-refractivity contribution in [2.45, 2.75) is 37.3 Å². The van der Waals surface area contributed by atoms with Crippen LogP contribution in [0.5, 0.6) is 0 Å². The quantitative estimate of drug-likeness (QED) is 0.764. The Morgan fingerprint density at radius 1 is 1.26 bits per heavy atom. The summed E-state index contributed by atoms with van der Waals surface area (Å²) in [6, 6.07) is 11.5. The average Bonchev–Trinajstić information content (AvgIpc) is 2.70. The number of piperidine rings is 1. The predicted octanol–water partition coefficient (Wildman–Crippen LogP) is 2.43. The number of hydrogen-bond donors (Lipinski definition) is 0. The van der Waals surface area contributed by atoms with Gasteiger partial charge in [-0.05, 0) is 31.9 Å². The maximum atomic E-state index is 12.1. The summed E-state index contributed by atoms with van der Waals surface area (Å²) >= 11 is 0. The zero-order valence-corrected chi connectivity index (χ0v) is 11.6. The van der Waals surface area contributed by atoms with Crippen LogP contribution in [0.15, 0.2) is 30.3 Å². The second-order valence-electron chi connectivity index (χ2n) is 5.77. The molecule has 19 heavy (non-hydrogen) atoms. The lowest BCUT2D eigenvalue weighted by Gasteiger charge is -2.42. The molecule has 0 spiro atoms. The van der Waals surface area contributed by atoms with E-state index < -0.39 is 0 Å². The molecule has 2 saturated heterocycles. The Bertz CT molecular complexity index is 459. The van der Waals surface area contributed by atoms with Crippen molar-refractivity contribution in [2.75, 3.05) is 14.2 Å². The molecule has 3 rings (SSSR count). The third kappa shape index (κ3) is 2.06. The molecule has 1 aromatic rings. The number of ether oxygens (including phenoxy) is 1. The third-order valence-electron chi connectivity index (χ3n) is 4.96. The minimum absolute atomic E-state index is 0.0149. The number of methoxy groups -OCH3 is 1. The Balaban J connectivity index is 1.97. The summed E-state index contributed by atoms with van der Waals surface area (Å²) in [7, 11) is 3.70. The molecule has 3 nitrogen and oxygen atoms in total. The van der Waals surface area contributed by atoms with Gasteiger partial charge < -0.3 is 4.74 Å². The maximum absolute atomic E-state index is 12.1. The summed E-state index contributed by atoms with van der Waals surface area (Å²) in [4.78, 5) is 14.6. The summed E-state index contributed by atoms with van der Waals surface area (Å²) in [5, 5.41) is 0. The molecule has 2 bridgehead atoms. The van der Waals surface area contributed by atoms with E-state index in [-0.39, 0.29) is 17.8 Å². The summed E-state index contributed by atoms with van der Waals surface area (Å²) in [5.41, 5.74) is 1.27. The topological polar surface area (TPSA) is 29.5 Å². The molecule has 0 aliphatic carbocycles. The molecule has 0 aromatic heterocycles. The van der Waals surface area contributed by atoms with Gasteiger partial charge in [0.25, 0.3) is 0 Å². The van der Waals surface area contributed by atoms with Crippen molar-refractivity contribution in [1.29, 1.82) is 0 Å². The van der Waals surface area contributed by atoms with E-state index in [9.17, 15) is 4.79 Å². The first-order valence-electron chi connectivity index (χ1n) is 7.07. The molecule has 1 aromatic carbocycles. The van der Waals surface area contributed by atoms with Crippen molar-refractivity contribution < 1.29 is 9.53 Å². The Morgan fingerprint density at radius 2 is 2.00 bits per heavy atom. The molecule has 102 valence electrons. The van der Waals surface area contributed by atoms with E-state index in [1.165, 1.54) is 25.5 Å². The fraction of sp³-hybridized carbons (Fsp3) is 0.562. The van der Waals surface area contributed by atoms with Crippen LogP contribution in [0.3, 0.4) is 0 Å². The highest BCUT2D eigenvalue weighted by Crippen LogP contribution is 2.46. The molecule has 3 heteroatoms. The lowest BCUT2D eigenvalue weighted by Crippen LogP contribution is -2.47. The van der Waals surface area contributed by atoms with Gasteiger partial charge in [0.05, 0.1) is 13.0 Å². The molecule has 0 N–H and O–H groups in total. The van der Waals surface area contributed by atoms with Gasteiger partial charge >= 0.3 is 5.97 Å². The SMILES string of the molecule is COC(=O)[C@H]1C[C@H]2CC[C@@H]([C@H]1c1ccccc1)N2C. The molecule has 2 fully saturated rings. The van der Waals surface area contributed by atoms with Crippen molar-refractivity contribution in [3.63, 3.8) is 0 Å². The van der Waals surface area contributed by atoms with Crippen LogP contribution < -0.4 is 0 Å². The number of nitrogens with zero attached hydrogens (tertiary/aromatic N) is 1. The smallest absolute Gasteiger partial charge is 0.309 e. The molecular weight excluding hydrogens is 238 g/mol. The van der Waals surface area contributed by atoms with Gasteiger partial charge in [0, 0.05) is 18.0 Å². The van der Waals surface area contributed by atoms with Gasteiger partial charge in [-0.25, -0.2) is 0 Å². The highest BCUT2D eigenvalue weighted by Gasteiger charge is 2.48. The number of hydrogen-bond acceptors (Lipinski definition) is 3. The van der Waals surface area contributed by atoms with Gasteiger partial charge in [0.2, 0.25) is 0 Å². The molecule has 0 amide bonds. The van der Waals surface area contributed by atoms with E-state index in [2.05, 4.69) is 36.2 Å². The van der Waals surface area contributed by atoms with E-state index in [0.29, 0.717) is 12.1 Å².